The van der Waals surface area contributed by atoms with Gasteiger partial charge in [0.05, 0.1) is 27.3 Å². The van der Waals surface area contributed by atoms with Crippen LogP contribution in [0.4, 0.5) is 16.2 Å². The van der Waals surface area contributed by atoms with E-state index in [0.29, 0.717) is 33.4 Å². The first-order valence-electron chi connectivity index (χ1n) is 10.7. The third-order valence-electron chi connectivity index (χ3n) is 5.11. The zero-order valence-electron chi connectivity index (χ0n) is 18.7. The normalized spacial score (nSPS) is 16.4. The van der Waals surface area contributed by atoms with Crippen LogP contribution in [0.1, 0.15) is 44.2 Å². The minimum Gasteiger partial charge on any atom is -0.443 e. The number of nitrogens with one attached hydrogen (secondary N) is 3. The summed E-state index contributed by atoms with van der Waals surface area (Å²) in [6.07, 6.45) is 7.55. The Hall–Kier alpha value is -3.05. The molecule has 0 aromatic carbocycles. The number of H-pyrrole nitrogens is 1. The van der Waals surface area contributed by atoms with Crippen LogP contribution in [-0.2, 0) is 4.74 Å². The lowest BCUT2D eigenvalue weighted by Crippen LogP contribution is -2.50. The summed E-state index contributed by atoms with van der Waals surface area (Å²) in [4.78, 5) is 43.4. The Morgan fingerprint density at radius 3 is 2.67 bits per heavy atom. The number of hydrogen-bond donors (Lipinski definition) is 3. The highest BCUT2D eigenvalue weighted by molar-refractivity contribution is 9.10. The van der Waals surface area contributed by atoms with Gasteiger partial charge in [-0.3, -0.25) is 9.69 Å². The van der Waals surface area contributed by atoms with Crippen LogP contribution in [0.15, 0.2) is 35.3 Å². The van der Waals surface area contributed by atoms with Gasteiger partial charge < -0.3 is 20.4 Å². The molecule has 0 spiro atoms. The highest BCUT2D eigenvalue weighted by Gasteiger charge is 2.34. The third kappa shape index (κ3) is 5.14. The van der Waals surface area contributed by atoms with E-state index in [1.165, 1.54) is 12.4 Å². The Kier molecular flexibility index (Phi) is 6.61. The summed E-state index contributed by atoms with van der Waals surface area (Å²) in [6.45, 7) is 7.02. The second kappa shape index (κ2) is 9.44. The van der Waals surface area contributed by atoms with E-state index in [1.807, 2.05) is 20.8 Å². The summed E-state index contributed by atoms with van der Waals surface area (Å²) < 4.78 is 6.39. The molecule has 10 nitrogen and oxygen atoms in total. The largest absolute Gasteiger partial charge is 0.443 e. The number of nitrogens with zero attached hydrogens (tertiary/aromatic N) is 4. The lowest BCUT2D eigenvalue weighted by atomic mass is 10.0. The summed E-state index contributed by atoms with van der Waals surface area (Å²) in [7, 11) is 0. The van der Waals surface area contributed by atoms with Gasteiger partial charge in [0.2, 0.25) is 5.82 Å². The van der Waals surface area contributed by atoms with Gasteiger partial charge in [-0.2, -0.15) is 0 Å². The topological polar surface area (TPSA) is 125 Å². The molecule has 0 unspecified atom stereocenters. The fourth-order valence-corrected chi connectivity index (χ4v) is 4.26. The Morgan fingerprint density at radius 2 is 2.00 bits per heavy atom. The van der Waals surface area contributed by atoms with Crippen LogP contribution in [0.2, 0.25) is 0 Å². The molecule has 0 bridgehead atoms. The molecule has 3 N–H and O–H groups in total. The predicted molar refractivity (Wildman–Crippen MR) is 128 cm³/mol. The molecule has 1 fully saturated rings. The minimum atomic E-state index is -0.671. The number of pyridine rings is 1. The van der Waals surface area contributed by atoms with Crippen molar-refractivity contribution in [2.75, 3.05) is 23.3 Å². The van der Waals surface area contributed by atoms with E-state index in [4.69, 9.17) is 4.74 Å². The second-order valence-corrected chi connectivity index (χ2v) is 9.61. The van der Waals surface area contributed by atoms with Crippen molar-refractivity contribution >= 4 is 50.3 Å². The second-order valence-electron chi connectivity index (χ2n) is 8.76. The van der Waals surface area contributed by atoms with Gasteiger partial charge >= 0.3 is 6.09 Å². The molecule has 0 aliphatic carbocycles. The summed E-state index contributed by atoms with van der Waals surface area (Å²) in [5.74, 6) is -0.428. The molecule has 0 saturated carbocycles. The van der Waals surface area contributed by atoms with Crippen LogP contribution in [0, 0.1) is 0 Å². The smallest absolute Gasteiger partial charge is 0.415 e. The van der Waals surface area contributed by atoms with E-state index in [9.17, 15) is 9.59 Å². The fraction of sp³-hybridized carbons (Fsp3) is 0.409. The summed E-state index contributed by atoms with van der Waals surface area (Å²) in [5, 5.41) is 6.79. The molecule has 1 aliphatic heterocycles. The molecule has 4 rings (SSSR count). The Bertz CT molecular complexity index is 1150. The molecule has 4 heterocycles. The van der Waals surface area contributed by atoms with Crippen molar-refractivity contribution in [1.29, 1.82) is 0 Å². The van der Waals surface area contributed by atoms with E-state index in [1.54, 1.807) is 23.4 Å². The van der Waals surface area contributed by atoms with Crippen molar-refractivity contribution < 1.29 is 14.3 Å². The van der Waals surface area contributed by atoms with Crippen LogP contribution < -0.4 is 15.5 Å². The Labute approximate surface area is 199 Å². The number of halogens is 1. The number of ether oxygens (including phenoxy) is 1. The van der Waals surface area contributed by atoms with E-state index in [-0.39, 0.29) is 11.9 Å². The van der Waals surface area contributed by atoms with Crippen molar-refractivity contribution in [3.63, 3.8) is 0 Å². The average Bonchev–Trinajstić information content (AvgIpc) is 3.18. The van der Waals surface area contributed by atoms with Crippen LogP contribution >= 0.6 is 15.9 Å². The van der Waals surface area contributed by atoms with Crippen LogP contribution in [0.3, 0.4) is 0 Å². The van der Waals surface area contributed by atoms with Gasteiger partial charge in [0.25, 0.3) is 5.91 Å². The van der Waals surface area contributed by atoms with Gasteiger partial charge in [-0.15, -0.1) is 0 Å². The lowest BCUT2D eigenvalue weighted by molar-refractivity contribution is 0.0560. The number of carbonyl (C=O) groups excluding carboxylic acids is 2. The zero-order chi connectivity index (χ0) is 23.6. The van der Waals surface area contributed by atoms with Gasteiger partial charge in [0, 0.05) is 31.3 Å². The van der Waals surface area contributed by atoms with E-state index in [2.05, 4.69) is 46.5 Å². The monoisotopic (exact) mass is 515 g/mol. The third-order valence-corrected chi connectivity index (χ3v) is 5.69. The first kappa shape index (κ1) is 23.1. The van der Waals surface area contributed by atoms with Gasteiger partial charge in [-0.05, 0) is 62.2 Å². The maximum atomic E-state index is 13.4. The summed E-state index contributed by atoms with van der Waals surface area (Å²) in [5.41, 5.74) is 0.891. The molecule has 174 valence electrons. The lowest BCUT2D eigenvalue weighted by Gasteiger charge is -2.36. The summed E-state index contributed by atoms with van der Waals surface area (Å²) >= 11 is 3.58. The van der Waals surface area contributed by atoms with Crippen LogP contribution in [0.5, 0.6) is 0 Å². The first-order chi connectivity index (χ1) is 15.7. The zero-order valence-corrected chi connectivity index (χ0v) is 20.3. The van der Waals surface area contributed by atoms with E-state index in [0.717, 1.165) is 19.4 Å². The Morgan fingerprint density at radius 1 is 1.24 bits per heavy atom. The SMILES string of the molecule is CC(C)(C)OC(=O)N(c1c(Br)cnc2[nH]cc(NC(=O)c3ncccn3)c12)[C@@H]1CCCNC1. The van der Waals surface area contributed by atoms with Crippen molar-refractivity contribution in [3.05, 3.63) is 41.2 Å². The van der Waals surface area contributed by atoms with Gasteiger partial charge in [-0.25, -0.2) is 19.7 Å². The van der Waals surface area contributed by atoms with Gasteiger partial charge in [0.15, 0.2) is 0 Å². The molecule has 2 amide bonds. The number of amides is 2. The van der Waals surface area contributed by atoms with Crippen molar-refractivity contribution in [3.8, 4) is 0 Å². The molecule has 3 aromatic heterocycles. The standard InChI is InChI=1S/C22H26BrN7O3/c1-22(2,3)33-21(32)30(13-6-4-7-24-10-13)17-14(23)11-27-18-16(17)15(12-28-18)29-20(31)19-25-8-5-9-26-19/h5,8-9,11-13,24H,4,6-7,10H2,1-3H3,(H,27,28)(H,29,31)/t13-/m1/s1. The first-order valence-corrected chi connectivity index (χ1v) is 11.5. The van der Waals surface area contributed by atoms with Crippen LogP contribution in [0.25, 0.3) is 11.0 Å². The van der Waals surface area contributed by atoms with Crippen LogP contribution in [-0.4, -0.2) is 56.7 Å². The number of anilines is 2. The quantitative estimate of drug-likeness (QED) is 0.481. The molecular weight excluding hydrogens is 490 g/mol. The minimum absolute atomic E-state index is 0.0387. The predicted octanol–water partition coefficient (Wildman–Crippen LogP) is 3.86. The molecule has 3 aromatic rings. The highest BCUT2D eigenvalue weighted by Crippen LogP contribution is 2.40. The number of rotatable bonds is 4. The number of piperidine rings is 1. The number of fused-ring (bicyclic) bond motifs is 1. The molecular formula is C22H26BrN7O3. The van der Waals surface area contributed by atoms with E-state index < -0.39 is 17.6 Å². The van der Waals surface area contributed by atoms with Crippen molar-refractivity contribution in [2.45, 2.75) is 45.3 Å². The van der Waals surface area contributed by atoms with E-state index >= 15 is 0 Å². The number of hydrogen-bond acceptors (Lipinski definition) is 7. The summed E-state index contributed by atoms with van der Waals surface area (Å²) in [6, 6.07) is 1.50. The fourth-order valence-electron chi connectivity index (χ4n) is 3.77. The van der Waals surface area contributed by atoms with Crippen molar-refractivity contribution in [2.24, 2.45) is 0 Å². The molecule has 11 heteroatoms. The number of carbonyl (C=O) groups is 2. The molecule has 1 aliphatic rings. The molecule has 33 heavy (non-hydrogen) atoms. The highest BCUT2D eigenvalue weighted by atomic mass is 79.9. The molecule has 0 radical (unpaired) electrons. The maximum Gasteiger partial charge on any atom is 0.415 e. The average molecular weight is 516 g/mol. The maximum absolute atomic E-state index is 13.4. The van der Waals surface area contributed by atoms with Crippen molar-refractivity contribution in [1.82, 2.24) is 25.3 Å². The Balaban J connectivity index is 1.80. The van der Waals surface area contributed by atoms with Gasteiger partial charge in [-0.1, -0.05) is 0 Å². The molecule has 1 saturated heterocycles. The molecule has 1 atom stereocenters. The number of aromatic amines is 1. The number of aromatic nitrogens is 4. The van der Waals surface area contributed by atoms with Gasteiger partial charge in [0.1, 0.15) is 11.2 Å².